The van der Waals surface area contributed by atoms with E-state index in [9.17, 15) is 0 Å². The van der Waals surface area contributed by atoms with E-state index < -0.39 is 0 Å². The van der Waals surface area contributed by atoms with Crippen molar-refractivity contribution < 1.29 is 0 Å². The van der Waals surface area contributed by atoms with Gasteiger partial charge in [-0.05, 0) is 29.9 Å². The Morgan fingerprint density at radius 3 is 2.50 bits per heavy atom. The third-order valence-electron chi connectivity index (χ3n) is 3.49. The molecule has 0 aliphatic carbocycles. The molecule has 0 unspecified atom stereocenters. The summed E-state index contributed by atoms with van der Waals surface area (Å²) in [6.07, 6.45) is 4.37. The van der Waals surface area contributed by atoms with Crippen LogP contribution in [0.3, 0.4) is 0 Å². The second kappa shape index (κ2) is 4.42. The summed E-state index contributed by atoms with van der Waals surface area (Å²) in [5, 5.41) is 0. The molecule has 3 nitrogen and oxygen atoms in total. The normalized spacial score (nSPS) is 19.8. The third-order valence-corrected chi connectivity index (χ3v) is 3.49. The fraction of sp³-hybridized carbons (Fsp3) is 0.615. The second-order valence-corrected chi connectivity index (χ2v) is 5.38. The minimum atomic E-state index is 0.494. The molecular weight excluding hydrogens is 198 g/mol. The van der Waals surface area contributed by atoms with Crippen LogP contribution >= 0.6 is 0 Å². The molecule has 2 heterocycles. The Morgan fingerprint density at radius 1 is 1.31 bits per heavy atom. The maximum Gasteiger partial charge on any atom is 0.128 e. The number of anilines is 1. The second-order valence-electron chi connectivity index (χ2n) is 5.38. The van der Waals surface area contributed by atoms with Crippen LogP contribution in [0.15, 0.2) is 18.3 Å². The highest BCUT2D eigenvalue weighted by Crippen LogP contribution is 2.31. The summed E-state index contributed by atoms with van der Waals surface area (Å²) in [5.74, 6) is 1.09. The van der Waals surface area contributed by atoms with Gasteiger partial charge in [-0.3, -0.25) is 0 Å². The van der Waals surface area contributed by atoms with E-state index in [2.05, 4.69) is 35.9 Å². The van der Waals surface area contributed by atoms with E-state index in [0.717, 1.165) is 24.5 Å². The van der Waals surface area contributed by atoms with Crippen molar-refractivity contribution in [3.8, 4) is 0 Å². The van der Waals surface area contributed by atoms with Gasteiger partial charge in [0.15, 0.2) is 0 Å². The van der Waals surface area contributed by atoms with Crippen molar-refractivity contribution in [1.82, 2.24) is 4.98 Å². The first-order valence-electron chi connectivity index (χ1n) is 6.01. The van der Waals surface area contributed by atoms with Gasteiger partial charge in [-0.2, -0.15) is 0 Å². The number of rotatable bonds is 2. The Labute approximate surface area is 97.7 Å². The van der Waals surface area contributed by atoms with Crippen LogP contribution in [-0.4, -0.2) is 18.1 Å². The predicted octanol–water partition coefficient (Wildman–Crippen LogP) is 2.17. The molecule has 1 saturated heterocycles. The highest BCUT2D eigenvalue weighted by molar-refractivity contribution is 5.39. The lowest BCUT2D eigenvalue weighted by molar-refractivity contribution is 0.279. The summed E-state index contributed by atoms with van der Waals surface area (Å²) in [5.41, 5.74) is 7.15. The highest BCUT2D eigenvalue weighted by Gasteiger charge is 2.25. The number of nitrogens with zero attached hydrogens (tertiary/aromatic N) is 2. The van der Waals surface area contributed by atoms with Crippen LogP contribution in [0.1, 0.15) is 32.3 Å². The molecule has 16 heavy (non-hydrogen) atoms. The average molecular weight is 219 g/mol. The Kier molecular flexibility index (Phi) is 3.15. The summed E-state index contributed by atoms with van der Waals surface area (Å²) in [6.45, 7) is 7.48. The third kappa shape index (κ3) is 2.53. The molecule has 0 aromatic carbocycles. The molecule has 0 bridgehead atoms. The van der Waals surface area contributed by atoms with Crippen LogP contribution in [0.4, 0.5) is 5.82 Å². The molecule has 88 valence electrons. The first-order valence-corrected chi connectivity index (χ1v) is 6.01. The van der Waals surface area contributed by atoms with Crippen LogP contribution in [0.2, 0.25) is 0 Å². The van der Waals surface area contributed by atoms with Crippen molar-refractivity contribution in [2.24, 2.45) is 11.1 Å². The first-order chi connectivity index (χ1) is 7.61. The fourth-order valence-corrected chi connectivity index (χ4v) is 2.07. The molecule has 2 N–H and O–H groups in total. The zero-order chi connectivity index (χ0) is 11.6. The monoisotopic (exact) mass is 219 g/mol. The summed E-state index contributed by atoms with van der Waals surface area (Å²) in [7, 11) is 0. The van der Waals surface area contributed by atoms with E-state index >= 15 is 0 Å². The molecule has 0 amide bonds. The first kappa shape index (κ1) is 11.4. The van der Waals surface area contributed by atoms with E-state index in [1.54, 1.807) is 0 Å². The van der Waals surface area contributed by atoms with E-state index in [-0.39, 0.29) is 0 Å². The van der Waals surface area contributed by atoms with Gasteiger partial charge in [0.25, 0.3) is 0 Å². The van der Waals surface area contributed by atoms with Crippen molar-refractivity contribution in [2.45, 2.75) is 33.2 Å². The van der Waals surface area contributed by atoms with Crippen LogP contribution in [0.25, 0.3) is 0 Å². The van der Waals surface area contributed by atoms with Crippen LogP contribution in [-0.2, 0) is 6.54 Å². The lowest BCUT2D eigenvalue weighted by Crippen LogP contribution is -2.37. The molecule has 2 rings (SSSR count). The molecule has 1 aliphatic rings. The minimum absolute atomic E-state index is 0.494. The van der Waals surface area contributed by atoms with E-state index in [1.165, 1.54) is 12.8 Å². The lowest BCUT2D eigenvalue weighted by atomic mass is 9.83. The van der Waals surface area contributed by atoms with Gasteiger partial charge in [-0.1, -0.05) is 19.9 Å². The molecular formula is C13H21N3. The number of piperidine rings is 1. The van der Waals surface area contributed by atoms with Crippen molar-refractivity contribution >= 4 is 5.82 Å². The van der Waals surface area contributed by atoms with E-state index in [1.807, 2.05) is 6.20 Å². The molecule has 1 aliphatic heterocycles. The summed E-state index contributed by atoms with van der Waals surface area (Å²) in [4.78, 5) is 6.83. The summed E-state index contributed by atoms with van der Waals surface area (Å²) in [6, 6.07) is 4.16. The van der Waals surface area contributed by atoms with Crippen LogP contribution < -0.4 is 10.6 Å². The Hall–Kier alpha value is -1.09. The van der Waals surface area contributed by atoms with Crippen LogP contribution in [0, 0.1) is 5.41 Å². The number of nitrogens with two attached hydrogens (primary N) is 1. The Bertz CT molecular complexity index is 333. The average Bonchev–Trinajstić information content (AvgIpc) is 2.29. The van der Waals surface area contributed by atoms with Crippen LogP contribution in [0.5, 0.6) is 0 Å². The van der Waals surface area contributed by atoms with E-state index in [0.29, 0.717) is 12.0 Å². The number of hydrogen-bond donors (Lipinski definition) is 1. The van der Waals surface area contributed by atoms with Gasteiger partial charge < -0.3 is 10.6 Å². The molecule has 0 radical (unpaired) electrons. The molecule has 0 spiro atoms. The topological polar surface area (TPSA) is 42.1 Å². The van der Waals surface area contributed by atoms with Crippen molar-refractivity contribution in [1.29, 1.82) is 0 Å². The fourth-order valence-electron chi connectivity index (χ4n) is 2.07. The molecule has 3 heteroatoms. The summed E-state index contributed by atoms with van der Waals surface area (Å²) < 4.78 is 0. The van der Waals surface area contributed by atoms with Gasteiger partial charge in [0, 0.05) is 25.8 Å². The van der Waals surface area contributed by atoms with Gasteiger partial charge in [-0.25, -0.2) is 4.98 Å². The van der Waals surface area contributed by atoms with Gasteiger partial charge in [0.05, 0.1) is 0 Å². The molecule has 1 fully saturated rings. The van der Waals surface area contributed by atoms with Gasteiger partial charge in [0.1, 0.15) is 5.82 Å². The SMILES string of the molecule is CC1(C)CCN(c2ccc(CN)cn2)CC1. The quantitative estimate of drug-likeness (QED) is 0.829. The maximum atomic E-state index is 5.56. The number of aromatic nitrogens is 1. The summed E-state index contributed by atoms with van der Waals surface area (Å²) >= 11 is 0. The largest absolute Gasteiger partial charge is 0.357 e. The predicted molar refractivity (Wildman–Crippen MR) is 67.4 cm³/mol. The van der Waals surface area contributed by atoms with Crippen molar-refractivity contribution in [3.05, 3.63) is 23.9 Å². The Balaban J connectivity index is 2.03. The number of pyridine rings is 1. The van der Waals surface area contributed by atoms with E-state index in [4.69, 9.17) is 5.73 Å². The molecule has 0 saturated carbocycles. The van der Waals surface area contributed by atoms with Crippen molar-refractivity contribution in [3.63, 3.8) is 0 Å². The number of hydrogen-bond acceptors (Lipinski definition) is 3. The van der Waals surface area contributed by atoms with Gasteiger partial charge >= 0.3 is 0 Å². The van der Waals surface area contributed by atoms with Gasteiger partial charge in [-0.15, -0.1) is 0 Å². The maximum absolute atomic E-state index is 5.56. The minimum Gasteiger partial charge on any atom is -0.357 e. The lowest BCUT2D eigenvalue weighted by Gasteiger charge is -2.37. The standard InChI is InChI=1S/C13H21N3/c1-13(2)5-7-16(8-6-13)12-4-3-11(9-14)10-15-12/h3-4,10H,5-9,14H2,1-2H3. The zero-order valence-electron chi connectivity index (χ0n) is 10.2. The zero-order valence-corrected chi connectivity index (χ0v) is 10.2. The van der Waals surface area contributed by atoms with Gasteiger partial charge in [0.2, 0.25) is 0 Å². The smallest absolute Gasteiger partial charge is 0.128 e. The molecule has 0 atom stereocenters. The Morgan fingerprint density at radius 2 is 2.00 bits per heavy atom. The molecule has 1 aromatic rings. The molecule has 1 aromatic heterocycles. The highest BCUT2D eigenvalue weighted by atomic mass is 15.2. The van der Waals surface area contributed by atoms with Crippen molar-refractivity contribution in [2.75, 3.05) is 18.0 Å².